The molecule has 5 heteroatoms. The average molecular weight is 270 g/mol. The minimum atomic E-state index is -0.891. The maximum Gasteiger partial charge on any atom is 0.326 e. The second-order valence-electron chi connectivity index (χ2n) is 5.98. The van der Waals surface area contributed by atoms with Crippen molar-refractivity contribution < 1.29 is 14.7 Å². The molecule has 2 unspecified atom stereocenters. The van der Waals surface area contributed by atoms with E-state index in [9.17, 15) is 14.7 Å². The molecule has 1 N–H and O–H groups in total. The fourth-order valence-corrected chi connectivity index (χ4v) is 2.55. The van der Waals surface area contributed by atoms with Gasteiger partial charge < -0.3 is 14.9 Å². The topological polar surface area (TPSA) is 60.9 Å². The zero-order chi connectivity index (χ0) is 14.6. The van der Waals surface area contributed by atoms with Crippen molar-refractivity contribution in [3.63, 3.8) is 0 Å². The van der Waals surface area contributed by atoms with Crippen molar-refractivity contribution in [3.05, 3.63) is 0 Å². The Balaban J connectivity index is 2.69. The molecule has 2 amide bonds. The monoisotopic (exact) mass is 270 g/mol. The summed E-state index contributed by atoms with van der Waals surface area (Å²) in [6.45, 7) is 7.36. The lowest BCUT2D eigenvalue weighted by molar-refractivity contribution is -0.145. The molecule has 5 nitrogen and oxygen atoms in total. The molecule has 0 aromatic heterocycles. The van der Waals surface area contributed by atoms with Gasteiger partial charge in [-0.15, -0.1) is 0 Å². The fourth-order valence-electron chi connectivity index (χ4n) is 2.55. The van der Waals surface area contributed by atoms with Gasteiger partial charge >= 0.3 is 12.0 Å². The molecule has 0 aliphatic carbocycles. The molecule has 0 aromatic carbocycles. The minimum absolute atomic E-state index is 0.0219. The number of hydrogen-bond acceptors (Lipinski definition) is 2. The summed E-state index contributed by atoms with van der Waals surface area (Å²) in [6, 6.07) is -0.831. The van der Waals surface area contributed by atoms with Crippen molar-refractivity contribution in [2.75, 3.05) is 20.1 Å². The van der Waals surface area contributed by atoms with Gasteiger partial charge in [0, 0.05) is 20.1 Å². The van der Waals surface area contributed by atoms with Crippen LogP contribution in [0.3, 0.4) is 0 Å². The molecule has 1 heterocycles. The molecule has 110 valence electrons. The highest BCUT2D eigenvalue weighted by Gasteiger charge is 2.38. The van der Waals surface area contributed by atoms with Gasteiger partial charge in [0.05, 0.1) is 0 Å². The first-order valence-corrected chi connectivity index (χ1v) is 7.09. The van der Waals surface area contributed by atoms with Crippen LogP contribution in [0.15, 0.2) is 0 Å². The zero-order valence-corrected chi connectivity index (χ0v) is 12.4. The number of likely N-dealkylation sites (tertiary alicyclic amines) is 1. The van der Waals surface area contributed by atoms with Gasteiger partial charge in [-0.3, -0.25) is 0 Å². The lowest BCUT2D eigenvalue weighted by atomic mass is 9.91. The van der Waals surface area contributed by atoms with Crippen LogP contribution in [-0.2, 0) is 4.79 Å². The summed E-state index contributed by atoms with van der Waals surface area (Å²) in [6.07, 6.45) is 2.69. The molecule has 19 heavy (non-hydrogen) atoms. The highest BCUT2D eigenvalue weighted by atomic mass is 16.4. The van der Waals surface area contributed by atoms with Crippen molar-refractivity contribution in [1.82, 2.24) is 9.80 Å². The summed E-state index contributed by atoms with van der Waals surface area (Å²) >= 11 is 0. The van der Waals surface area contributed by atoms with E-state index in [4.69, 9.17) is 0 Å². The van der Waals surface area contributed by atoms with Crippen molar-refractivity contribution in [2.24, 2.45) is 11.8 Å². The summed E-state index contributed by atoms with van der Waals surface area (Å²) in [4.78, 5) is 26.9. The van der Waals surface area contributed by atoms with Crippen molar-refractivity contribution in [2.45, 2.75) is 46.1 Å². The number of amides is 2. The van der Waals surface area contributed by atoms with Gasteiger partial charge in [-0.2, -0.15) is 0 Å². The Kier molecular flexibility index (Phi) is 5.63. The number of carboxylic acids is 1. The van der Waals surface area contributed by atoms with Gasteiger partial charge in [0.25, 0.3) is 0 Å². The summed E-state index contributed by atoms with van der Waals surface area (Å²) in [5.74, 6) is -0.336. The third kappa shape index (κ3) is 4.11. The Morgan fingerprint density at radius 3 is 2.58 bits per heavy atom. The van der Waals surface area contributed by atoms with Crippen LogP contribution < -0.4 is 0 Å². The molecule has 2 atom stereocenters. The molecule has 0 saturated carbocycles. The van der Waals surface area contributed by atoms with Gasteiger partial charge in [-0.25, -0.2) is 9.59 Å². The van der Waals surface area contributed by atoms with Crippen LogP contribution in [0.5, 0.6) is 0 Å². The summed E-state index contributed by atoms with van der Waals surface area (Å²) in [5, 5.41) is 9.32. The van der Waals surface area contributed by atoms with Gasteiger partial charge in [0.2, 0.25) is 0 Å². The van der Waals surface area contributed by atoms with Crippen LogP contribution >= 0.6 is 0 Å². The van der Waals surface area contributed by atoms with E-state index in [0.717, 1.165) is 19.3 Å². The predicted octanol–water partition coefficient (Wildman–Crippen LogP) is 2.27. The number of carbonyl (C=O) groups is 2. The van der Waals surface area contributed by atoms with Crippen LogP contribution in [-0.4, -0.2) is 53.1 Å². The molecule has 1 fully saturated rings. The molecular weight excluding hydrogens is 244 g/mol. The van der Waals surface area contributed by atoms with Crippen LogP contribution in [0.4, 0.5) is 4.79 Å². The Morgan fingerprint density at radius 1 is 1.42 bits per heavy atom. The highest BCUT2D eigenvalue weighted by Crippen LogP contribution is 2.24. The summed E-state index contributed by atoms with van der Waals surface area (Å²) < 4.78 is 0. The number of aliphatic carboxylic acids is 1. The maximum atomic E-state index is 12.4. The normalized spacial score (nSPS) is 23.5. The number of urea groups is 1. The molecule has 0 radical (unpaired) electrons. The molecule has 1 aliphatic rings. The number of carbonyl (C=O) groups excluding carboxylic acids is 1. The Hall–Kier alpha value is -1.26. The van der Waals surface area contributed by atoms with E-state index >= 15 is 0 Å². The van der Waals surface area contributed by atoms with E-state index in [1.807, 2.05) is 6.92 Å². The second kappa shape index (κ2) is 6.78. The molecular formula is C14H26N2O3. The lowest BCUT2D eigenvalue weighted by Crippen LogP contribution is -2.55. The van der Waals surface area contributed by atoms with Gasteiger partial charge in [0.15, 0.2) is 0 Å². The predicted molar refractivity (Wildman–Crippen MR) is 74.0 cm³/mol. The van der Waals surface area contributed by atoms with E-state index in [1.165, 1.54) is 4.90 Å². The van der Waals surface area contributed by atoms with E-state index in [1.54, 1.807) is 11.9 Å². The first-order chi connectivity index (χ1) is 8.84. The zero-order valence-electron chi connectivity index (χ0n) is 12.4. The van der Waals surface area contributed by atoms with Crippen LogP contribution in [0.2, 0.25) is 0 Å². The van der Waals surface area contributed by atoms with Gasteiger partial charge in [-0.05, 0) is 31.1 Å². The molecule has 1 saturated heterocycles. The third-order valence-electron chi connectivity index (χ3n) is 3.80. The van der Waals surface area contributed by atoms with Crippen molar-refractivity contribution in [3.8, 4) is 0 Å². The SMILES string of the molecule is CC(C)CCN(C)C(=O)N1CCCC(C)C1C(=O)O. The smallest absolute Gasteiger partial charge is 0.326 e. The molecule has 0 aromatic rings. The highest BCUT2D eigenvalue weighted by molar-refractivity contribution is 5.83. The van der Waals surface area contributed by atoms with E-state index in [-0.39, 0.29) is 11.9 Å². The molecule has 1 rings (SSSR count). The van der Waals surface area contributed by atoms with Gasteiger partial charge in [-0.1, -0.05) is 20.8 Å². The first-order valence-electron chi connectivity index (χ1n) is 7.09. The number of nitrogens with zero attached hydrogens (tertiary/aromatic N) is 2. The number of rotatable bonds is 4. The van der Waals surface area contributed by atoms with E-state index in [0.29, 0.717) is 19.0 Å². The van der Waals surface area contributed by atoms with Crippen LogP contribution in [0.1, 0.15) is 40.0 Å². The first kappa shape index (κ1) is 15.8. The Labute approximate surface area is 115 Å². The number of piperidine rings is 1. The molecule has 1 aliphatic heterocycles. The summed E-state index contributed by atoms with van der Waals surface area (Å²) in [7, 11) is 1.75. The molecule has 0 spiro atoms. The fraction of sp³-hybridized carbons (Fsp3) is 0.857. The van der Waals surface area contributed by atoms with Crippen LogP contribution in [0, 0.1) is 11.8 Å². The summed E-state index contributed by atoms with van der Waals surface area (Å²) in [5.41, 5.74) is 0. The standard InChI is InChI=1S/C14H26N2O3/c1-10(2)7-9-15(4)14(19)16-8-5-6-11(3)12(16)13(17)18/h10-12H,5-9H2,1-4H3,(H,17,18). The van der Waals surface area contributed by atoms with Crippen molar-refractivity contribution >= 4 is 12.0 Å². The van der Waals surface area contributed by atoms with E-state index < -0.39 is 12.0 Å². The maximum absolute atomic E-state index is 12.4. The molecule has 0 bridgehead atoms. The van der Waals surface area contributed by atoms with Gasteiger partial charge in [0.1, 0.15) is 6.04 Å². The second-order valence-corrected chi connectivity index (χ2v) is 5.98. The van der Waals surface area contributed by atoms with E-state index in [2.05, 4.69) is 13.8 Å². The largest absolute Gasteiger partial charge is 0.480 e. The lowest BCUT2D eigenvalue weighted by Gasteiger charge is -2.39. The number of carboxylic acid groups (broad SMARTS) is 1. The van der Waals surface area contributed by atoms with Crippen molar-refractivity contribution in [1.29, 1.82) is 0 Å². The number of hydrogen-bond donors (Lipinski definition) is 1. The Morgan fingerprint density at radius 2 is 2.05 bits per heavy atom. The average Bonchev–Trinajstić information content (AvgIpc) is 2.34. The minimum Gasteiger partial charge on any atom is -0.480 e. The van der Waals surface area contributed by atoms with Crippen LogP contribution in [0.25, 0.3) is 0 Å². The third-order valence-corrected chi connectivity index (χ3v) is 3.80. The quantitative estimate of drug-likeness (QED) is 0.852. The Bertz CT molecular complexity index is 331.